The van der Waals surface area contributed by atoms with E-state index in [0.29, 0.717) is 11.7 Å². The van der Waals surface area contributed by atoms with Gasteiger partial charge < -0.3 is 4.98 Å². The highest BCUT2D eigenvalue weighted by molar-refractivity contribution is 5.48. The maximum absolute atomic E-state index is 11.7. The zero-order valence-corrected chi connectivity index (χ0v) is 11.0. The van der Waals surface area contributed by atoms with Gasteiger partial charge in [-0.1, -0.05) is 13.8 Å². The Bertz CT molecular complexity index is 583. The second-order valence-corrected chi connectivity index (χ2v) is 4.72. The molecule has 1 N–H and O–H groups in total. The number of hydrogen-bond acceptors (Lipinski definition) is 3. The summed E-state index contributed by atoms with van der Waals surface area (Å²) in [5, 5.41) is 4.19. The van der Waals surface area contributed by atoms with Crippen molar-refractivity contribution in [3.8, 4) is 11.5 Å². The van der Waals surface area contributed by atoms with Crippen LogP contribution in [-0.2, 0) is 13.0 Å². The lowest BCUT2D eigenvalue weighted by molar-refractivity contribution is 0.631. The fourth-order valence-electron chi connectivity index (χ4n) is 1.94. The molecule has 0 aliphatic carbocycles. The molecule has 0 spiro atoms. The van der Waals surface area contributed by atoms with Crippen molar-refractivity contribution in [3.63, 3.8) is 0 Å². The number of hydrogen-bond donors (Lipinski definition) is 1. The molecule has 0 atom stereocenters. The first-order chi connectivity index (χ1) is 8.60. The fourth-order valence-corrected chi connectivity index (χ4v) is 1.94. The summed E-state index contributed by atoms with van der Waals surface area (Å²) < 4.78 is 1.82. The Balaban J connectivity index is 2.45. The average Bonchev–Trinajstić information content (AvgIpc) is 2.75. The monoisotopic (exact) mass is 246 g/mol. The van der Waals surface area contributed by atoms with Crippen LogP contribution in [-0.4, -0.2) is 19.7 Å². The molecule has 18 heavy (non-hydrogen) atoms. The molecule has 0 unspecified atom stereocenters. The summed E-state index contributed by atoms with van der Waals surface area (Å²) in [6, 6.07) is 3.43. The Kier molecular flexibility index (Phi) is 3.60. The number of rotatable bonds is 4. The Labute approximate surface area is 106 Å². The highest BCUT2D eigenvalue weighted by atomic mass is 16.1. The van der Waals surface area contributed by atoms with Crippen LogP contribution in [0.3, 0.4) is 0 Å². The highest BCUT2D eigenvalue weighted by Crippen LogP contribution is 2.14. The fraction of sp³-hybridized carbons (Fsp3) is 0.462. The molecule has 5 heteroatoms. The van der Waals surface area contributed by atoms with E-state index in [2.05, 4.69) is 28.9 Å². The van der Waals surface area contributed by atoms with Crippen LogP contribution >= 0.6 is 0 Å². The van der Waals surface area contributed by atoms with Gasteiger partial charge in [-0.05, 0) is 25.3 Å². The summed E-state index contributed by atoms with van der Waals surface area (Å²) in [6.45, 7) is 6.98. The second-order valence-electron chi connectivity index (χ2n) is 4.72. The number of H-pyrrole nitrogens is 1. The van der Waals surface area contributed by atoms with Gasteiger partial charge in [0.25, 0.3) is 5.56 Å². The van der Waals surface area contributed by atoms with Gasteiger partial charge in [-0.3, -0.25) is 9.48 Å². The van der Waals surface area contributed by atoms with Crippen molar-refractivity contribution in [1.82, 2.24) is 19.7 Å². The van der Waals surface area contributed by atoms with Crippen LogP contribution in [0, 0.1) is 5.92 Å². The molecule has 5 nitrogen and oxygen atoms in total. The van der Waals surface area contributed by atoms with Crippen molar-refractivity contribution in [2.75, 3.05) is 0 Å². The van der Waals surface area contributed by atoms with Crippen molar-refractivity contribution >= 4 is 0 Å². The molecule has 0 bridgehead atoms. The number of aryl methyl sites for hydroxylation is 1. The summed E-state index contributed by atoms with van der Waals surface area (Å²) in [6.07, 6.45) is 2.52. The van der Waals surface area contributed by atoms with Gasteiger partial charge in [0.1, 0.15) is 5.69 Å². The summed E-state index contributed by atoms with van der Waals surface area (Å²) in [5.41, 5.74) is 1.56. The SMILES string of the molecule is CCn1nccc1-c1nc(CC(C)C)cc(=O)[nH]1. The molecule has 0 amide bonds. The van der Waals surface area contributed by atoms with Gasteiger partial charge in [-0.15, -0.1) is 0 Å². The molecule has 96 valence electrons. The zero-order chi connectivity index (χ0) is 13.1. The van der Waals surface area contributed by atoms with E-state index in [4.69, 9.17) is 0 Å². The summed E-state index contributed by atoms with van der Waals surface area (Å²) in [4.78, 5) is 18.9. The van der Waals surface area contributed by atoms with Gasteiger partial charge in [-0.2, -0.15) is 5.10 Å². The molecule has 2 rings (SSSR count). The lowest BCUT2D eigenvalue weighted by Gasteiger charge is -2.07. The predicted octanol–water partition coefficient (Wildman–Crippen LogP) is 1.85. The molecular weight excluding hydrogens is 228 g/mol. The standard InChI is InChI=1S/C13H18N4O/c1-4-17-11(5-6-14-17)13-15-10(7-9(2)3)8-12(18)16-13/h5-6,8-9H,4,7H2,1-3H3,(H,15,16,18). The lowest BCUT2D eigenvalue weighted by Crippen LogP contribution is -2.13. The van der Waals surface area contributed by atoms with E-state index >= 15 is 0 Å². The Hall–Kier alpha value is -1.91. The summed E-state index contributed by atoms with van der Waals surface area (Å²) in [5.74, 6) is 1.07. The zero-order valence-electron chi connectivity index (χ0n) is 11.0. The number of aromatic amines is 1. The van der Waals surface area contributed by atoms with E-state index < -0.39 is 0 Å². The van der Waals surface area contributed by atoms with Crippen LogP contribution < -0.4 is 5.56 Å². The van der Waals surface area contributed by atoms with Gasteiger partial charge >= 0.3 is 0 Å². The first-order valence-electron chi connectivity index (χ1n) is 6.22. The molecule has 0 radical (unpaired) electrons. The normalized spacial score (nSPS) is 11.1. The minimum Gasteiger partial charge on any atom is -0.305 e. The van der Waals surface area contributed by atoms with Crippen LogP contribution in [0.25, 0.3) is 11.5 Å². The maximum Gasteiger partial charge on any atom is 0.251 e. The topological polar surface area (TPSA) is 63.6 Å². The van der Waals surface area contributed by atoms with Crippen molar-refractivity contribution in [2.45, 2.75) is 33.7 Å². The molecule has 0 saturated heterocycles. The number of aromatic nitrogens is 4. The Morgan fingerprint density at radius 2 is 2.22 bits per heavy atom. The minimum absolute atomic E-state index is 0.112. The van der Waals surface area contributed by atoms with Crippen molar-refractivity contribution in [2.24, 2.45) is 5.92 Å². The van der Waals surface area contributed by atoms with E-state index in [0.717, 1.165) is 24.4 Å². The van der Waals surface area contributed by atoms with Gasteiger partial charge in [0.2, 0.25) is 0 Å². The van der Waals surface area contributed by atoms with E-state index in [1.54, 1.807) is 12.3 Å². The molecule has 0 fully saturated rings. The molecule has 2 aromatic heterocycles. The highest BCUT2D eigenvalue weighted by Gasteiger charge is 2.09. The van der Waals surface area contributed by atoms with Crippen molar-refractivity contribution < 1.29 is 0 Å². The first-order valence-corrected chi connectivity index (χ1v) is 6.22. The predicted molar refractivity (Wildman–Crippen MR) is 70.3 cm³/mol. The van der Waals surface area contributed by atoms with Gasteiger partial charge in [0, 0.05) is 24.5 Å². The molecule has 0 aromatic carbocycles. The molecule has 2 aromatic rings. The molecule has 0 saturated carbocycles. The second kappa shape index (κ2) is 5.16. The quantitative estimate of drug-likeness (QED) is 0.895. The maximum atomic E-state index is 11.7. The molecule has 0 aliphatic heterocycles. The van der Waals surface area contributed by atoms with Crippen LogP contribution in [0.4, 0.5) is 0 Å². The van der Waals surface area contributed by atoms with Crippen molar-refractivity contribution in [3.05, 3.63) is 34.4 Å². The van der Waals surface area contributed by atoms with E-state index in [1.165, 1.54) is 0 Å². The molecule has 2 heterocycles. The number of nitrogens with one attached hydrogen (secondary N) is 1. The van der Waals surface area contributed by atoms with E-state index in [-0.39, 0.29) is 5.56 Å². The van der Waals surface area contributed by atoms with Crippen LogP contribution in [0.15, 0.2) is 23.1 Å². The summed E-state index contributed by atoms with van der Waals surface area (Å²) >= 11 is 0. The van der Waals surface area contributed by atoms with Crippen LogP contribution in [0.2, 0.25) is 0 Å². The third kappa shape index (κ3) is 2.67. The van der Waals surface area contributed by atoms with Gasteiger partial charge in [0.15, 0.2) is 5.82 Å². The Morgan fingerprint density at radius 1 is 1.44 bits per heavy atom. The van der Waals surface area contributed by atoms with E-state index in [1.807, 2.05) is 17.7 Å². The molecular formula is C13H18N4O. The third-order valence-corrected chi connectivity index (χ3v) is 2.67. The van der Waals surface area contributed by atoms with Crippen molar-refractivity contribution in [1.29, 1.82) is 0 Å². The molecule has 0 aliphatic rings. The minimum atomic E-state index is -0.112. The third-order valence-electron chi connectivity index (χ3n) is 2.67. The average molecular weight is 246 g/mol. The van der Waals surface area contributed by atoms with Crippen LogP contribution in [0.1, 0.15) is 26.5 Å². The Morgan fingerprint density at radius 3 is 2.89 bits per heavy atom. The van der Waals surface area contributed by atoms with E-state index in [9.17, 15) is 4.79 Å². The smallest absolute Gasteiger partial charge is 0.251 e. The first kappa shape index (κ1) is 12.5. The largest absolute Gasteiger partial charge is 0.305 e. The number of nitrogens with zero attached hydrogens (tertiary/aromatic N) is 3. The summed E-state index contributed by atoms with van der Waals surface area (Å²) in [7, 11) is 0. The van der Waals surface area contributed by atoms with Gasteiger partial charge in [-0.25, -0.2) is 4.98 Å². The van der Waals surface area contributed by atoms with Gasteiger partial charge in [0.05, 0.1) is 0 Å². The van der Waals surface area contributed by atoms with Crippen LogP contribution in [0.5, 0.6) is 0 Å². The lowest BCUT2D eigenvalue weighted by atomic mass is 10.1.